The molecule has 64 heavy (non-hydrogen) atoms. The molecule has 20 heteroatoms. The number of urea groups is 1. The van der Waals surface area contributed by atoms with Crippen LogP contribution >= 0.6 is 11.6 Å². The summed E-state index contributed by atoms with van der Waals surface area (Å²) < 4.78 is 13.7. The lowest BCUT2D eigenvalue weighted by Crippen LogP contribution is -2.60. The minimum Gasteiger partial charge on any atom is -0.455 e. The quantitative estimate of drug-likeness (QED) is 0.0871. The molecule has 1 unspecified atom stereocenters. The number of aliphatic hydroxyl groups excluding tert-OH is 1. The van der Waals surface area contributed by atoms with Crippen LogP contribution in [0.4, 0.5) is 26.7 Å². The lowest BCUT2D eigenvalue weighted by Gasteiger charge is -2.38. The summed E-state index contributed by atoms with van der Waals surface area (Å²) in [7, 11) is 0. The SMILES string of the molecule is CC(C)(CCO)NC(=O)Nc1ccc(CC(C(=O)Nc2ccc3c(c2)cc(C(=O)OC(C)(C)C)n3C(=O)OC(C)(C)C)N2CCN(c3cc(Cl)ccc3-n3cnnn3)C(=O)C2=O)cc1. The summed E-state index contributed by atoms with van der Waals surface area (Å²) in [5, 5.41) is 29.7. The van der Waals surface area contributed by atoms with E-state index in [2.05, 4.69) is 31.5 Å². The number of aromatic nitrogens is 5. The summed E-state index contributed by atoms with van der Waals surface area (Å²) >= 11 is 6.35. The van der Waals surface area contributed by atoms with Crippen molar-refractivity contribution in [3.05, 3.63) is 89.3 Å². The molecule has 1 aliphatic rings. The first-order valence-corrected chi connectivity index (χ1v) is 20.8. The van der Waals surface area contributed by atoms with Crippen molar-refractivity contribution < 1.29 is 43.3 Å². The van der Waals surface area contributed by atoms with Crippen LogP contribution in [-0.2, 0) is 30.3 Å². The van der Waals surface area contributed by atoms with Gasteiger partial charge >= 0.3 is 29.9 Å². The lowest BCUT2D eigenvalue weighted by atomic mass is 10.0. The first-order chi connectivity index (χ1) is 30.0. The molecule has 5 amide bonds. The minimum absolute atomic E-state index is 0.0218. The summed E-state index contributed by atoms with van der Waals surface area (Å²) in [4.78, 5) is 84.8. The molecule has 1 fully saturated rings. The molecular weight excluding hydrogens is 848 g/mol. The van der Waals surface area contributed by atoms with Crippen molar-refractivity contribution in [2.24, 2.45) is 0 Å². The van der Waals surface area contributed by atoms with Crippen LogP contribution in [-0.4, -0.2) is 113 Å². The van der Waals surface area contributed by atoms with Gasteiger partial charge in [0.2, 0.25) is 5.91 Å². The largest absolute Gasteiger partial charge is 0.455 e. The number of carbonyl (C=O) groups excluding carboxylic acids is 6. The molecule has 0 bridgehead atoms. The van der Waals surface area contributed by atoms with Crippen molar-refractivity contribution in [3.8, 4) is 5.69 Å². The first kappa shape index (κ1) is 46.6. The number of hydrogen-bond acceptors (Lipinski definition) is 12. The highest BCUT2D eigenvalue weighted by molar-refractivity contribution is 6.41. The number of benzene rings is 3. The molecule has 4 N–H and O–H groups in total. The van der Waals surface area contributed by atoms with E-state index in [1.165, 1.54) is 39.0 Å². The molecule has 338 valence electrons. The predicted molar refractivity (Wildman–Crippen MR) is 237 cm³/mol. The number of ether oxygens (including phenoxy) is 2. The molecule has 0 spiro atoms. The monoisotopic (exact) mass is 898 g/mol. The first-order valence-electron chi connectivity index (χ1n) is 20.4. The highest BCUT2D eigenvalue weighted by Gasteiger charge is 2.41. The molecule has 19 nitrogen and oxygen atoms in total. The van der Waals surface area contributed by atoms with Crippen LogP contribution in [0, 0.1) is 0 Å². The van der Waals surface area contributed by atoms with Gasteiger partial charge in [-0.15, -0.1) is 5.10 Å². The Labute approximate surface area is 374 Å². The van der Waals surface area contributed by atoms with Gasteiger partial charge in [-0.1, -0.05) is 23.7 Å². The number of amides is 5. The van der Waals surface area contributed by atoms with Gasteiger partial charge in [-0.2, -0.15) is 4.68 Å². The van der Waals surface area contributed by atoms with Crippen LogP contribution in [0.15, 0.2) is 73.1 Å². The minimum atomic E-state index is -1.24. The number of anilines is 3. The number of carbonyl (C=O) groups is 6. The Morgan fingerprint density at radius 3 is 2.14 bits per heavy atom. The smallest absolute Gasteiger partial charge is 0.419 e. The molecule has 3 aromatic carbocycles. The van der Waals surface area contributed by atoms with Gasteiger partial charge in [0.15, 0.2) is 0 Å². The third-order valence-corrected chi connectivity index (χ3v) is 10.1. The summed E-state index contributed by atoms with van der Waals surface area (Å²) in [5.74, 6) is -3.29. The van der Waals surface area contributed by atoms with Crippen molar-refractivity contribution >= 4 is 75.4 Å². The van der Waals surface area contributed by atoms with E-state index in [4.69, 9.17) is 21.1 Å². The summed E-state index contributed by atoms with van der Waals surface area (Å²) in [6.07, 6.45) is 0.826. The van der Waals surface area contributed by atoms with Crippen LogP contribution in [0.2, 0.25) is 5.02 Å². The van der Waals surface area contributed by atoms with Gasteiger partial charge in [-0.05, 0) is 132 Å². The lowest BCUT2D eigenvalue weighted by molar-refractivity contribution is -0.149. The molecule has 3 heterocycles. The van der Waals surface area contributed by atoms with Gasteiger partial charge < -0.3 is 40.3 Å². The van der Waals surface area contributed by atoms with E-state index in [1.54, 1.807) is 104 Å². The van der Waals surface area contributed by atoms with Gasteiger partial charge in [0, 0.05) is 53.4 Å². The van der Waals surface area contributed by atoms with Gasteiger partial charge in [-0.3, -0.25) is 14.4 Å². The Bertz CT molecular complexity index is 2580. The van der Waals surface area contributed by atoms with E-state index in [0.717, 1.165) is 4.57 Å². The number of aliphatic hydroxyl groups is 1. The number of fused-ring (bicyclic) bond motifs is 1. The van der Waals surface area contributed by atoms with Crippen molar-refractivity contribution in [1.29, 1.82) is 0 Å². The third-order valence-electron chi connectivity index (χ3n) is 9.84. The zero-order valence-electron chi connectivity index (χ0n) is 36.8. The highest BCUT2D eigenvalue weighted by Crippen LogP contribution is 2.31. The van der Waals surface area contributed by atoms with Crippen molar-refractivity contribution in [1.82, 2.24) is 35.0 Å². The van der Waals surface area contributed by atoms with Gasteiger partial charge in [0.05, 0.1) is 16.9 Å². The van der Waals surface area contributed by atoms with Gasteiger partial charge in [0.25, 0.3) is 0 Å². The van der Waals surface area contributed by atoms with Gasteiger partial charge in [-0.25, -0.2) is 19.0 Å². The maximum atomic E-state index is 14.5. The van der Waals surface area contributed by atoms with E-state index in [0.29, 0.717) is 39.3 Å². The van der Waals surface area contributed by atoms with E-state index >= 15 is 0 Å². The molecule has 0 saturated carbocycles. The molecule has 0 radical (unpaired) electrons. The molecule has 0 aliphatic carbocycles. The fraction of sp³-hybridized carbons (Fsp3) is 0.386. The number of halogens is 1. The number of rotatable bonds is 12. The Kier molecular flexibility index (Phi) is 13.5. The van der Waals surface area contributed by atoms with Crippen LogP contribution in [0.25, 0.3) is 16.6 Å². The number of esters is 1. The number of nitrogens with zero attached hydrogens (tertiary/aromatic N) is 7. The van der Waals surface area contributed by atoms with Crippen LogP contribution < -0.4 is 20.9 Å². The number of piperazine rings is 1. The maximum absolute atomic E-state index is 14.5. The summed E-state index contributed by atoms with van der Waals surface area (Å²) in [6.45, 7) is 13.6. The van der Waals surface area contributed by atoms with E-state index in [-0.39, 0.29) is 43.2 Å². The van der Waals surface area contributed by atoms with Crippen molar-refractivity contribution in [3.63, 3.8) is 0 Å². The number of hydrogen-bond donors (Lipinski definition) is 4. The molecule has 6 rings (SSSR count). The second kappa shape index (κ2) is 18.5. The normalized spacial score (nSPS) is 14.0. The van der Waals surface area contributed by atoms with Crippen molar-refractivity contribution in [2.45, 2.75) is 91.0 Å². The zero-order valence-corrected chi connectivity index (χ0v) is 37.5. The zero-order chi connectivity index (χ0) is 46.7. The van der Waals surface area contributed by atoms with Crippen molar-refractivity contribution in [2.75, 3.05) is 35.2 Å². The fourth-order valence-electron chi connectivity index (χ4n) is 6.96. The average Bonchev–Trinajstić information content (AvgIpc) is 3.86. The number of tetrazole rings is 1. The number of nitrogens with one attached hydrogen (secondary N) is 3. The van der Waals surface area contributed by atoms with Crippen LogP contribution in [0.3, 0.4) is 0 Å². The van der Waals surface area contributed by atoms with E-state index in [1.807, 2.05) is 0 Å². The second-order valence-electron chi connectivity index (χ2n) is 17.8. The molecule has 2 aromatic heterocycles. The topological polar surface area (TPSA) is 232 Å². The van der Waals surface area contributed by atoms with E-state index in [9.17, 15) is 33.9 Å². The molecule has 1 atom stereocenters. The maximum Gasteiger partial charge on any atom is 0.419 e. The standard InChI is InChI=1S/C44H51ClN10O9/c1-42(2,3)63-39(60)35-23-27-22-30(14-16-31(27)55(35)41(62)64-43(4,5)6)47-36(57)34(21-26-9-12-29(13-10-26)48-40(61)49-44(7,8)17-20-56)53-19-18-52(37(58)38(53)59)33-24-28(45)11-15-32(33)54-25-46-50-51-54/h9-16,22-25,34,56H,17-21H2,1-8H3,(H,47,57)(H2,48,49,61). The average molecular weight is 899 g/mol. The Balaban J connectivity index is 1.31. The molecule has 5 aromatic rings. The van der Waals surface area contributed by atoms with E-state index < -0.39 is 58.6 Å². The predicted octanol–water partition coefficient (Wildman–Crippen LogP) is 5.72. The molecule has 1 aliphatic heterocycles. The fourth-order valence-corrected chi connectivity index (χ4v) is 7.13. The molecule has 1 saturated heterocycles. The Hall–Kier alpha value is -6.86. The highest BCUT2D eigenvalue weighted by atomic mass is 35.5. The second-order valence-corrected chi connectivity index (χ2v) is 18.2. The van der Waals surface area contributed by atoms with Gasteiger partial charge in [0.1, 0.15) is 29.3 Å². The Morgan fingerprint density at radius 1 is 0.812 bits per heavy atom. The van der Waals surface area contributed by atoms with Crippen LogP contribution in [0.5, 0.6) is 0 Å². The molecular formula is C44H51ClN10O9. The summed E-state index contributed by atoms with van der Waals surface area (Å²) in [5.41, 5.74) is -0.237. The Morgan fingerprint density at radius 2 is 1.50 bits per heavy atom. The third kappa shape index (κ3) is 11.2. The summed E-state index contributed by atoms with van der Waals surface area (Å²) in [6, 6.07) is 15.8. The van der Waals surface area contributed by atoms with Crippen LogP contribution in [0.1, 0.15) is 77.9 Å².